The van der Waals surface area contributed by atoms with Gasteiger partial charge in [-0.1, -0.05) is 42.5 Å². The molecule has 0 aliphatic carbocycles. The molecule has 1 N–H and O–H groups in total. The molecule has 11 heteroatoms. The van der Waals surface area contributed by atoms with E-state index < -0.39 is 20.0 Å². The Kier molecular flexibility index (Phi) is 7.83. The van der Waals surface area contributed by atoms with Gasteiger partial charge in [0.15, 0.2) is 0 Å². The second-order valence-electron chi connectivity index (χ2n) is 9.57. The molecule has 2 fully saturated rings. The van der Waals surface area contributed by atoms with Crippen LogP contribution < -0.4 is 5.32 Å². The number of fused-ring (bicyclic) bond motifs is 1. The van der Waals surface area contributed by atoms with Gasteiger partial charge in [-0.2, -0.15) is 8.61 Å². The standard InChI is InChI=1S/C27H31N3O6S2/c31-27(28-20-21-5-8-25(9-6-21)37(32,33)30-15-17-36-18-16-30)23-11-13-29(14-12-23)38(34,35)26-10-7-22-3-1-2-4-24(22)19-26/h1-10,19,23H,11-18,20H2,(H,28,31). The minimum atomic E-state index is -3.64. The third kappa shape index (κ3) is 5.62. The summed E-state index contributed by atoms with van der Waals surface area (Å²) >= 11 is 0. The molecule has 2 aliphatic heterocycles. The van der Waals surface area contributed by atoms with Gasteiger partial charge in [0, 0.05) is 38.6 Å². The fraction of sp³-hybridized carbons (Fsp3) is 0.370. The lowest BCUT2D eigenvalue weighted by atomic mass is 9.97. The highest BCUT2D eigenvalue weighted by molar-refractivity contribution is 7.89. The first-order valence-corrected chi connectivity index (χ1v) is 15.6. The Morgan fingerprint density at radius 3 is 2.03 bits per heavy atom. The number of hydrogen-bond acceptors (Lipinski definition) is 6. The van der Waals surface area contributed by atoms with Crippen molar-refractivity contribution in [3.05, 3.63) is 72.3 Å². The molecule has 2 saturated heterocycles. The molecule has 0 atom stereocenters. The first kappa shape index (κ1) is 26.8. The molecule has 2 heterocycles. The second kappa shape index (κ2) is 11.1. The molecule has 38 heavy (non-hydrogen) atoms. The van der Waals surface area contributed by atoms with Crippen LogP contribution in [0.15, 0.2) is 76.5 Å². The van der Waals surface area contributed by atoms with E-state index in [1.54, 1.807) is 36.4 Å². The Hall–Kier alpha value is -2.83. The average molecular weight is 558 g/mol. The maximum Gasteiger partial charge on any atom is 0.243 e. The van der Waals surface area contributed by atoms with Crippen LogP contribution in [0.2, 0.25) is 0 Å². The number of nitrogens with zero attached hydrogens (tertiary/aromatic N) is 2. The van der Waals surface area contributed by atoms with Crippen molar-refractivity contribution in [2.24, 2.45) is 5.92 Å². The van der Waals surface area contributed by atoms with Crippen LogP contribution in [0.1, 0.15) is 18.4 Å². The molecule has 9 nitrogen and oxygen atoms in total. The average Bonchev–Trinajstić information content (AvgIpc) is 2.96. The van der Waals surface area contributed by atoms with Crippen LogP contribution in [0.4, 0.5) is 0 Å². The smallest absolute Gasteiger partial charge is 0.243 e. The molecule has 5 rings (SSSR count). The van der Waals surface area contributed by atoms with Crippen LogP contribution in [-0.4, -0.2) is 70.7 Å². The number of amides is 1. The number of morpholine rings is 1. The fourth-order valence-electron chi connectivity index (χ4n) is 4.88. The number of rotatable bonds is 7. The number of carbonyl (C=O) groups excluding carboxylic acids is 1. The third-order valence-electron chi connectivity index (χ3n) is 7.18. The molecular weight excluding hydrogens is 526 g/mol. The minimum absolute atomic E-state index is 0.127. The van der Waals surface area contributed by atoms with Crippen molar-refractivity contribution in [2.45, 2.75) is 29.2 Å². The van der Waals surface area contributed by atoms with Crippen molar-refractivity contribution in [1.29, 1.82) is 0 Å². The Morgan fingerprint density at radius 1 is 0.763 bits per heavy atom. The van der Waals surface area contributed by atoms with E-state index in [9.17, 15) is 21.6 Å². The van der Waals surface area contributed by atoms with Gasteiger partial charge in [-0.3, -0.25) is 4.79 Å². The molecule has 1 amide bonds. The number of ether oxygens (including phenoxy) is 1. The van der Waals surface area contributed by atoms with Crippen molar-refractivity contribution >= 4 is 36.7 Å². The normalized spacial score (nSPS) is 18.4. The van der Waals surface area contributed by atoms with Gasteiger partial charge in [-0.25, -0.2) is 16.8 Å². The van der Waals surface area contributed by atoms with Crippen LogP contribution in [0.5, 0.6) is 0 Å². The zero-order valence-electron chi connectivity index (χ0n) is 21.0. The minimum Gasteiger partial charge on any atom is -0.379 e. The number of nitrogens with one attached hydrogen (secondary N) is 1. The number of piperidine rings is 1. The van der Waals surface area contributed by atoms with E-state index in [4.69, 9.17) is 4.74 Å². The first-order chi connectivity index (χ1) is 18.2. The first-order valence-electron chi connectivity index (χ1n) is 12.7. The highest BCUT2D eigenvalue weighted by atomic mass is 32.2. The summed E-state index contributed by atoms with van der Waals surface area (Å²) in [7, 11) is -7.20. The van der Waals surface area contributed by atoms with Crippen LogP contribution in [0.25, 0.3) is 10.8 Å². The molecule has 2 aliphatic rings. The molecule has 0 unspecified atom stereocenters. The summed E-state index contributed by atoms with van der Waals surface area (Å²) in [6.07, 6.45) is 0.880. The maximum absolute atomic E-state index is 13.2. The third-order valence-corrected chi connectivity index (χ3v) is 11.0. The van der Waals surface area contributed by atoms with E-state index in [-0.39, 0.29) is 41.3 Å². The molecule has 0 saturated carbocycles. The van der Waals surface area contributed by atoms with Gasteiger partial charge < -0.3 is 10.1 Å². The van der Waals surface area contributed by atoms with Gasteiger partial charge in [0.2, 0.25) is 26.0 Å². The highest BCUT2D eigenvalue weighted by Gasteiger charge is 2.32. The van der Waals surface area contributed by atoms with E-state index in [2.05, 4.69) is 5.32 Å². The Morgan fingerprint density at radius 2 is 1.34 bits per heavy atom. The Balaban J connectivity index is 1.14. The SMILES string of the molecule is O=C(NCc1ccc(S(=O)(=O)N2CCOCC2)cc1)C1CCN(S(=O)(=O)c2ccc3ccccc3c2)CC1. The summed E-state index contributed by atoms with van der Waals surface area (Å²) < 4.78 is 60.0. The van der Waals surface area contributed by atoms with Crippen LogP contribution in [-0.2, 0) is 36.1 Å². The topological polar surface area (TPSA) is 113 Å². The van der Waals surface area contributed by atoms with Gasteiger partial charge in [0.05, 0.1) is 23.0 Å². The van der Waals surface area contributed by atoms with Crippen molar-refractivity contribution in [3.8, 4) is 0 Å². The number of carbonyl (C=O) groups is 1. The molecule has 0 spiro atoms. The van der Waals surface area contributed by atoms with Gasteiger partial charge in [0.25, 0.3) is 0 Å². The monoisotopic (exact) mass is 557 g/mol. The Labute approximate surface area is 223 Å². The number of hydrogen-bond donors (Lipinski definition) is 1. The van der Waals surface area contributed by atoms with Gasteiger partial charge >= 0.3 is 0 Å². The summed E-state index contributed by atoms with van der Waals surface area (Å²) in [5.74, 6) is -0.406. The van der Waals surface area contributed by atoms with E-state index in [0.717, 1.165) is 16.3 Å². The lowest BCUT2D eigenvalue weighted by Gasteiger charge is -2.30. The van der Waals surface area contributed by atoms with E-state index in [1.165, 1.54) is 8.61 Å². The molecule has 0 bridgehead atoms. The molecular formula is C27H31N3O6S2. The summed E-state index contributed by atoms with van der Waals surface area (Å²) in [5.41, 5.74) is 0.788. The molecule has 0 aromatic heterocycles. The summed E-state index contributed by atoms with van der Waals surface area (Å²) in [6.45, 7) is 2.27. The van der Waals surface area contributed by atoms with Gasteiger partial charge in [-0.05, 0) is 53.4 Å². The van der Waals surface area contributed by atoms with Crippen LogP contribution in [0, 0.1) is 5.92 Å². The number of benzene rings is 3. The predicted octanol–water partition coefficient (Wildman–Crippen LogP) is 2.58. The quantitative estimate of drug-likeness (QED) is 0.478. The van der Waals surface area contributed by atoms with Crippen LogP contribution in [0.3, 0.4) is 0 Å². The zero-order valence-corrected chi connectivity index (χ0v) is 22.6. The van der Waals surface area contributed by atoms with Crippen molar-refractivity contribution in [3.63, 3.8) is 0 Å². The molecule has 3 aromatic carbocycles. The lowest BCUT2D eigenvalue weighted by molar-refractivity contribution is -0.126. The van der Waals surface area contributed by atoms with Crippen LogP contribution >= 0.6 is 0 Å². The van der Waals surface area contributed by atoms with Crippen molar-refractivity contribution in [1.82, 2.24) is 13.9 Å². The Bertz CT molecular complexity index is 1510. The van der Waals surface area contributed by atoms with E-state index >= 15 is 0 Å². The van der Waals surface area contributed by atoms with Gasteiger partial charge in [-0.15, -0.1) is 0 Å². The fourth-order valence-corrected chi connectivity index (χ4v) is 7.80. The molecule has 0 radical (unpaired) electrons. The largest absolute Gasteiger partial charge is 0.379 e. The van der Waals surface area contributed by atoms with E-state index in [0.29, 0.717) is 39.1 Å². The van der Waals surface area contributed by atoms with Crippen molar-refractivity contribution < 1.29 is 26.4 Å². The summed E-state index contributed by atoms with van der Waals surface area (Å²) in [6, 6.07) is 19.3. The lowest BCUT2D eigenvalue weighted by Crippen LogP contribution is -2.42. The summed E-state index contributed by atoms with van der Waals surface area (Å²) in [5, 5.41) is 4.76. The number of sulfonamides is 2. The van der Waals surface area contributed by atoms with Gasteiger partial charge in [0.1, 0.15) is 0 Å². The maximum atomic E-state index is 13.2. The zero-order chi connectivity index (χ0) is 26.8. The second-order valence-corrected chi connectivity index (χ2v) is 13.4. The molecule has 202 valence electrons. The van der Waals surface area contributed by atoms with Crippen molar-refractivity contribution in [2.75, 3.05) is 39.4 Å². The predicted molar refractivity (Wildman–Crippen MR) is 143 cm³/mol. The highest BCUT2D eigenvalue weighted by Crippen LogP contribution is 2.26. The summed E-state index contributed by atoms with van der Waals surface area (Å²) in [4.78, 5) is 13.3. The van der Waals surface area contributed by atoms with E-state index in [1.807, 2.05) is 30.3 Å². The molecule has 3 aromatic rings.